The lowest BCUT2D eigenvalue weighted by molar-refractivity contribution is -0.126. The molecule has 1 heterocycles. The number of rotatable bonds is 2. The number of hydrogen-bond acceptors (Lipinski definition) is 2. The van der Waals surface area contributed by atoms with Gasteiger partial charge < -0.3 is 5.32 Å². The van der Waals surface area contributed by atoms with Crippen molar-refractivity contribution in [2.75, 3.05) is 5.32 Å². The lowest BCUT2D eigenvalue weighted by atomic mass is 10.1. The molecule has 0 aliphatic rings. The minimum Gasteiger partial charge on any atom is -0.319 e. The Balaban J connectivity index is 2.59. The fourth-order valence-electron chi connectivity index (χ4n) is 1.69. The van der Waals surface area contributed by atoms with Gasteiger partial charge in [0, 0.05) is 11.6 Å². The number of pyridine rings is 1. The number of hydrogen-bond donors (Lipinski definition) is 1. The number of nitrogens with zero attached hydrogens (tertiary/aromatic N) is 1. The normalized spacial score (nSPS) is 10.9. The molecule has 0 bridgehead atoms. The van der Waals surface area contributed by atoms with Crippen LogP contribution in [0.3, 0.4) is 0 Å². The van der Waals surface area contributed by atoms with Crippen LogP contribution in [0.4, 0.5) is 14.5 Å². The van der Waals surface area contributed by atoms with E-state index in [0.29, 0.717) is 10.9 Å². The van der Waals surface area contributed by atoms with E-state index >= 15 is 0 Å². The average molecular weight is 271 g/mol. The highest BCUT2D eigenvalue weighted by Crippen LogP contribution is 2.32. The summed E-state index contributed by atoms with van der Waals surface area (Å²) in [7, 11) is 0. The molecule has 2 rings (SSSR count). The van der Waals surface area contributed by atoms with Gasteiger partial charge in [-0.15, -0.1) is 0 Å². The van der Waals surface area contributed by atoms with Crippen molar-refractivity contribution in [3.8, 4) is 0 Å². The van der Waals surface area contributed by atoms with E-state index in [9.17, 15) is 13.6 Å². The third-order valence-corrected chi connectivity index (χ3v) is 2.78. The molecule has 1 amide bonds. The van der Waals surface area contributed by atoms with E-state index in [1.165, 1.54) is 0 Å². The van der Waals surface area contributed by atoms with Crippen molar-refractivity contribution in [1.29, 1.82) is 0 Å². The number of carbonyl (C=O) groups excluding carboxylic acids is 1. The van der Waals surface area contributed by atoms with Gasteiger partial charge in [0.05, 0.1) is 16.2 Å². The number of anilines is 1. The number of nitrogens with one attached hydrogen (secondary N) is 1. The van der Waals surface area contributed by atoms with Crippen LogP contribution in [0.15, 0.2) is 24.4 Å². The molecular formula is C12H9ClF2N2O. The number of carbonyl (C=O) groups is 1. The van der Waals surface area contributed by atoms with Crippen LogP contribution in [-0.4, -0.2) is 17.3 Å². The first-order valence-electron chi connectivity index (χ1n) is 5.13. The Hall–Kier alpha value is -1.75. The largest absolute Gasteiger partial charge is 0.319 e. The van der Waals surface area contributed by atoms with E-state index in [2.05, 4.69) is 10.3 Å². The second-order valence-electron chi connectivity index (χ2n) is 3.74. The second kappa shape index (κ2) is 4.86. The Kier molecular flexibility index (Phi) is 3.43. The van der Waals surface area contributed by atoms with Gasteiger partial charge in [-0.25, -0.2) is 0 Å². The Morgan fingerprint density at radius 1 is 1.50 bits per heavy atom. The minimum atomic E-state index is -3.09. The van der Waals surface area contributed by atoms with Crippen LogP contribution < -0.4 is 5.32 Å². The number of fused-ring (bicyclic) bond motifs is 1. The first kappa shape index (κ1) is 12.7. The van der Waals surface area contributed by atoms with Gasteiger partial charge in [0.25, 0.3) is 5.91 Å². The highest BCUT2D eigenvalue weighted by atomic mass is 35.5. The maximum atomic E-state index is 12.3. The molecule has 1 aromatic heterocycles. The molecule has 94 valence electrons. The molecule has 0 atom stereocenters. The molecule has 6 heteroatoms. The van der Waals surface area contributed by atoms with Crippen LogP contribution in [0.1, 0.15) is 5.56 Å². The standard InChI is InChI=1S/C12H9ClF2N2O/c1-6-5-8(13)10(17-12(18)11(14)15)7-3-2-4-16-9(6)7/h2-5,11H,1H3,(H,17,18). The molecule has 0 aliphatic heterocycles. The fraction of sp³-hybridized carbons (Fsp3) is 0.167. The zero-order valence-corrected chi connectivity index (χ0v) is 10.1. The topological polar surface area (TPSA) is 42.0 Å². The van der Waals surface area contributed by atoms with E-state index in [1.807, 2.05) is 0 Å². The smallest absolute Gasteiger partial charge is 0.315 e. The zero-order valence-electron chi connectivity index (χ0n) is 9.38. The molecule has 0 saturated heterocycles. The van der Waals surface area contributed by atoms with Crippen molar-refractivity contribution in [3.63, 3.8) is 0 Å². The van der Waals surface area contributed by atoms with Crippen molar-refractivity contribution in [1.82, 2.24) is 4.98 Å². The number of alkyl halides is 2. The molecular weight excluding hydrogens is 262 g/mol. The molecule has 1 N–H and O–H groups in total. The molecule has 0 saturated carbocycles. The van der Waals surface area contributed by atoms with E-state index in [-0.39, 0.29) is 10.7 Å². The molecule has 1 aromatic carbocycles. The van der Waals surface area contributed by atoms with Gasteiger partial charge in [0.1, 0.15) is 0 Å². The zero-order chi connectivity index (χ0) is 13.3. The molecule has 2 aromatic rings. The third-order valence-electron chi connectivity index (χ3n) is 2.48. The highest BCUT2D eigenvalue weighted by molar-refractivity contribution is 6.35. The Morgan fingerprint density at radius 2 is 2.22 bits per heavy atom. The van der Waals surface area contributed by atoms with Crippen LogP contribution in [0.25, 0.3) is 10.9 Å². The van der Waals surface area contributed by atoms with Gasteiger partial charge in [-0.05, 0) is 30.7 Å². The lowest BCUT2D eigenvalue weighted by Gasteiger charge is -2.11. The van der Waals surface area contributed by atoms with E-state index < -0.39 is 12.3 Å². The number of benzene rings is 1. The number of halogens is 3. The Bertz CT molecular complexity index is 616. The van der Waals surface area contributed by atoms with Crippen LogP contribution in [-0.2, 0) is 4.79 Å². The predicted octanol–water partition coefficient (Wildman–Crippen LogP) is 3.40. The van der Waals surface area contributed by atoms with Crippen molar-refractivity contribution >= 4 is 34.1 Å². The summed E-state index contributed by atoms with van der Waals surface area (Å²) in [6.07, 6.45) is -1.50. The first-order valence-corrected chi connectivity index (χ1v) is 5.51. The predicted molar refractivity (Wildman–Crippen MR) is 66.1 cm³/mol. The van der Waals surface area contributed by atoms with Gasteiger partial charge in [-0.2, -0.15) is 8.78 Å². The third kappa shape index (κ3) is 2.26. The summed E-state index contributed by atoms with van der Waals surface area (Å²) < 4.78 is 24.5. The summed E-state index contributed by atoms with van der Waals surface area (Å²) in [6, 6.07) is 4.90. The minimum absolute atomic E-state index is 0.163. The maximum Gasteiger partial charge on any atom is 0.315 e. The highest BCUT2D eigenvalue weighted by Gasteiger charge is 2.18. The lowest BCUT2D eigenvalue weighted by Crippen LogP contribution is -2.20. The summed E-state index contributed by atoms with van der Waals surface area (Å²) in [5.74, 6) is -1.38. The molecule has 0 spiro atoms. The van der Waals surface area contributed by atoms with Gasteiger partial charge in [0.15, 0.2) is 0 Å². The quantitative estimate of drug-likeness (QED) is 0.909. The number of aromatic nitrogens is 1. The summed E-state index contributed by atoms with van der Waals surface area (Å²) in [5, 5.41) is 2.87. The maximum absolute atomic E-state index is 12.3. The second-order valence-corrected chi connectivity index (χ2v) is 4.15. The van der Waals surface area contributed by atoms with Crippen molar-refractivity contribution in [3.05, 3.63) is 35.0 Å². The first-order chi connectivity index (χ1) is 8.50. The van der Waals surface area contributed by atoms with Crippen molar-refractivity contribution in [2.24, 2.45) is 0 Å². The van der Waals surface area contributed by atoms with Gasteiger partial charge in [-0.1, -0.05) is 11.6 Å². The molecule has 3 nitrogen and oxygen atoms in total. The van der Waals surface area contributed by atoms with E-state index in [1.54, 1.807) is 31.3 Å². The van der Waals surface area contributed by atoms with Crippen LogP contribution in [0, 0.1) is 6.92 Å². The molecule has 0 unspecified atom stereocenters. The van der Waals surface area contributed by atoms with Crippen molar-refractivity contribution < 1.29 is 13.6 Å². The van der Waals surface area contributed by atoms with Gasteiger partial charge in [0.2, 0.25) is 0 Å². The SMILES string of the molecule is Cc1cc(Cl)c(NC(=O)C(F)F)c2cccnc12. The van der Waals surface area contributed by atoms with Crippen LogP contribution >= 0.6 is 11.6 Å². The van der Waals surface area contributed by atoms with Crippen LogP contribution in [0.2, 0.25) is 5.02 Å². The molecule has 0 radical (unpaired) electrons. The summed E-state index contributed by atoms with van der Waals surface area (Å²) in [4.78, 5) is 15.2. The fourth-order valence-corrected chi connectivity index (χ4v) is 2.00. The molecule has 0 aliphatic carbocycles. The molecule has 18 heavy (non-hydrogen) atoms. The summed E-state index contributed by atoms with van der Waals surface area (Å²) in [6.45, 7) is 1.81. The number of amides is 1. The van der Waals surface area contributed by atoms with Crippen LogP contribution in [0.5, 0.6) is 0 Å². The van der Waals surface area contributed by atoms with Crippen molar-refractivity contribution in [2.45, 2.75) is 13.3 Å². The Labute approximate surface area is 107 Å². The average Bonchev–Trinajstić information content (AvgIpc) is 2.34. The summed E-state index contributed by atoms with van der Waals surface area (Å²) >= 11 is 5.97. The number of aryl methyl sites for hydroxylation is 1. The van der Waals surface area contributed by atoms with Gasteiger partial charge in [-0.3, -0.25) is 9.78 Å². The molecule has 0 fully saturated rings. The Morgan fingerprint density at radius 3 is 2.89 bits per heavy atom. The van der Waals surface area contributed by atoms with E-state index in [4.69, 9.17) is 11.6 Å². The van der Waals surface area contributed by atoms with E-state index in [0.717, 1.165) is 5.56 Å². The monoisotopic (exact) mass is 270 g/mol. The summed E-state index contributed by atoms with van der Waals surface area (Å²) in [5.41, 5.74) is 1.59. The van der Waals surface area contributed by atoms with Gasteiger partial charge >= 0.3 is 6.43 Å².